The van der Waals surface area contributed by atoms with Gasteiger partial charge in [-0.1, -0.05) is 25.5 Å². The molecule has 0 bridgehead atoms. The van der Waals surface area contributed by atoms with Crippen molar-refractivity contribution in [2.45, 2.75) is 37.6 Å². The lowest BCUT2D eigenvalue weighted by molar-refractivity contribution is -0.120. The van der Waals surface area contributed by atoms with Crippen molar-refractivity contribution in [3.8, 4) is 11.5 Å². The van der Waals surface area contributed by atoms with E-state index in [-0.39, 0.29) is 23.4 Å². The molecule has 1 N–H and O–H groups in total. The fourth-order valence-electron chi connectivity index (χ4n) is 2.97. The second-order valence-electron chi connectivity index (χ2n) is 6.62. The maximum absolute atomic E-state index is 13.4. The molecule has 1 atom stereocenters. The lowest BCUT2D eigenvalue weighted by Gasteiger charge is -2.26. The molecule has 0 saturated carbocycles. The first-order valence-corrected chi connectivity index (χ1v) is 10.9. The second-order valence-corrected chi connectivity index (χ2v) is 8.48. The topological polar surface area (TPSA) is 84.9 Å². The number of amides is 1. The Kier molecular flexibility index (Phi) is 7.90. The van der Waals surface area contributed by atoms with Crippen LogP contribution in [-0.2, 0) is 14.8 Å². The van der Waals surface area contributed by atoms with Crippen LogP contribution in [0.4, 0.5) is 5.69 Å². The molecule has 2 rings (SSSR count). The number of para-hydroxylation sites is 2. The normalized spacial score (nSPS) is 12.1. The fourth-order valence-corrected chi connectivity index (χ4v) is 4.40. The molecule has 0 unspecified atom stereocenters. The first-order valence-electron chi connectivity index (χ1n) is 9.42. The monoisotopic (exact) mass is 420 g/mol. The first kappa shape index (κ1) is 22.5. The maximum atomic E-state index is 13.4. The van der Waals surface area contributed by atoms with Crippen LogP contribution >= 0.6 is 0 Å². The van der Waals surface area contributed by atoms with Gasteiger partial charge in [-0.05, 0) is 49.7 Å². The van der Waals surface area contributed by atoms with Gasteiger partial charge in [0.1, 0.15) is 18.0 Å². The Hall–Kier alpha value is -2.74. The highest BCUT2D eigenvalue weighted by atomic mass is 32.2. The van der Waals surface area contributed by atoms with Gasteiger partial charge in [-0.25, -0.2) is 8.42 Å². The minimum Gasteiger partial charge on any atom is -0.497 e. The Labute approximate surface area is 172 Å². The van der Waals surface area contributed by atoms with Gasteiger partial charge in [0.25, 0.3) is 10.0 Å². The minimum atomic E-state index is -4.02. The predicted molar refractivity (Wildman–Crippen MR) is 113 cm³/mol. The van der Waals surface area contributed by atoms with Gasteiger partial charge in [-0.2, -0.15) is 0 Å². The van der Waals surface area contributed by atoms with Gasteiger partial charge in [0.05, 0.1) is 24.8 Å². The number of methoxy groups -OCH3 is 2. The molecule has 0 spiro atoms. The molecule has 0 aliphatic heterocycles. The van der Waals surface area contributed by atoms with Crippen molar-refractivity contribution in [2.24, 2.45) is 0 Å². The number of benzene rings is 2. The number of ether oxygens (including phenoxy) is 2. The molecule has 0 fully saturated rings. The van der Waals surface area contributed by atoms with Crippen molar-refractivity contribution >= 4 is 21.6 Å². The highest BCUT2D eigenvalue weighted by Gasteiger charge is 2.29. The van der Waals surface area contributed by atoms with Crippen molar-refractivity contribution in [3.63, 3.8) is 0 Å². The second kappa shape index (κ2) is 10.2. The number of hydrogen-bond donors (Lipinski definition) is 1. The third-order valence-electron chi connectivity index (χ3n) is 4.42. The number of rotatable bonds is 10. The van der Waals surface area contributed by atoms with Crippen LogP contribution in [0.1, 0.15) is 26.7 Å². The Morgan fingerprint density at radius 3 is 2.31 bits per heavy atom. The zero-order valence-corrected chi connectivity index (χ0v) is 18.0. The van der Waals surface area contributed by atoms with Crippen LogP contribution in [0.3, 0.4) is 0 Å². The fraction of sp³-hybridized carbons (Fsp3) is 0.381. The van der Waals surface area contributed by atoms with Crippen LogP contribution in [0.2, 0.25) is 0 Å². The number of carbonyl (C=O) groups is 1. The highest BCUT2D eigenvalue weighted by molar-refractivity contribution is 7.92. The largest absolute Gasteiger partial charge is 0.497 e. The lowest BCUT2D eigenvalue weighted by atomic mass is 10.2. The quantitative estimate of drug-likeness (QED) is 0.638. The highest BCUT2D eigenvalue weighted by Crippen LogP contribution is 2.32. The van der Waals surface area contributed by atoms with Crippen LogP contribution < -0.4 is 19.1 Å². The van der Waals surface area contributed by atoms with Crippen LogP contribution in [0.5, 0.6) is 11.5 Å². The Balaban J connectivity index is 2.44. The molecule has 1 amide bonds. The van der Waals surface area contributed by atoms with Gasteiger partial charge < -0.3 is 14.8 Å². The zero-order chi connectivity index (χ0) is 21.4. The first-order chi connectivity index (χ1) is 13.8. The van der Waals surface area contributed by atoms with Crippen molar-refractivity contribution in [3.05, 3.63) is 48.5 Å². The molecular formula is C21H28N2O5S. The Morgan fingerprint density at radius 1 is 1.07 bits per heavy atom. The summed E-state index contributed by atoms with van der Waals surface area (Å²) in [5, 5.41) is 2.85. The summed E-state index contributed by atoms with van der Waals surface area (Å²) in [6.07, 6.45) is 1.73. The summed E-state index contributed by atoms with van der Waals surface area (Å²) in [4.78, 5) is 12.7. The van der Waals surface area contributed by atoms with E-state index in [0.717, 1.165) is 17.1 Å². The molecule has 7 nitrogen and oxygen atoms in total. The predicted octanol–water partition coefficient (Wildman–Crippen LogP) is 3.20. The molecule has 0 saturated heterocycles. The summed E-state index contributed by atoms with van der Waals surface area (Å²) in [6, 6.07) is 12.7. The molecule has 0 aromatic heterocycles. The van der Waals surface area contributed by atoms with Gasteiger partial charge in [0.2, 0.25) is 5.91 Å². The van der Waals surface area contributed by atoms with Gasteiger partial charge in [-0.15, -0.1) is 0 Å². The van der Waals surface area contributed by atoms with Gasteiger partial charge >= 0.3 is 0 Å². The Morgan fingerprint density at radius 2 is 1.72 bits per heavy atom. The van der Waals surface area contributed by atoms with Crippen LogP contribution in [0.15, 0.2) is 53.4 Å². The lowest BCUT2D eigenvalue weighted by Crippen LogP contribution is -2.43. The molecule has 158 valence electrons. The summed E-state index contributed by atoms with van der Waals surface area (Å²) in [7, 11) is -1.05. The van der Waals surface area contributed by atoms with E-state index < -0.39 is 10.0 Å². The van der Waals surface area contributed by atoms with Crippen molar-refractivity contribution in [2.75, 3.05) is 25.1 Å². The van der Waals surface area contributed by atoms with Crippen LogP contribution in [-0.4, -0.2) is 41.1 Å². The van der Waals surface area contributed by atoms with Crippen LogP contribution in [0, 0.1) is 0 Å². The molecule has 0 radical (unpaired) electrons. The van der Waals surface area contributed by atoms with E-state index >= 15 is 0 Å². The van der Waals surface area contributed by atoms with E-state index in [1.807, 2.05) is 13.8 Å². The average molecular weight is 421 g/mol. The SMILES string of the molecule is CCC[C@H](C)NC(=O)CN(c1ccccc1OC)S(=O)(=O)c1ccc(OC)cc1. The van der Waals surface area contributed by atoms with E-state index in [0.29, 0.717) is 17.2 Å². The molecule has 29 heavy (non-hydrogen) atoms. The van der Waals surface area contributed by atoms with Crippen LogP contribution in [0.25, 0.3) is 0 Å². The van der Waals surface area contributed by atoms with E-state index in [4.69, 9.17) is 9.47 Å². The molecule has 0 heterocycles. The van der Waals surface area contributed by atoms with Gasteiger partial charge in [-0.3, -0.25) is 9.10 Å². The summed E-state index contributed by atoms with van der Waals surface area (Å²) in [6.45, 7) is 3.56. The third kappa shape index (κ3) is 5.63. The summed E-state index contributed by atoms with van der Waals surface area (Å²) < 4.78 is 38.3. The molecule has 2 aromatic rings. The van der Waals surface area contributed by atoms with Gasteiger partial charge in [0, 0.05) is 6.04 Å². The molecular weight excluding hydrogens is 392 g/mol. The van der Waals surface area contributed by atoms with Crippen molar-refractivity contribution in [1.29, 1.82) is 0 Å². The van der Waals surface area contributed by atoms with E-state index in [1.165, 1.54) is 26.4 Å². The van der Waals surface area contributed by atoms with Crippen molar-refractivity contribution < 1.29 is 22.7 Å². The number of sulfonamides is 1. The minimum absolute atomic E-state index is 0.0456. The number of carbonyl (C=O) groups excluding carboxylic acids is 1. The number of nitrogens with zero attached hydrogens (tertiary/aromatic N) is 1. The number of anilines is 1. The zero-order valence-electron chi connectivity index (χ0n) is 17.2. The van der Waals surface area contributed by atoms with E-state index in [2.05, 4.69) is 5.32 Å². The van der Waals surface area contributed by atoms with E-state index in [9.17, 15) is 13.2 Å². The summed E-state index contributed by atoms with van der Waals surface area (Å²) >= 11 is 0. The third-order valence-corrected chi connectivity index (χ3v) is 6.19. The standard InChI is InChI=1S/C21H28N2O5S/c1-5-8-16(2)22-21(24)15-23(19-9-6-7-10-20(19)28-4)29(25,26)18-13-11-17(27-3)12-14-18/h6-7,9-14,16H,5,8,15H2,1-4H3,(H,22,24)/t16-/m0/s1. The molecule has 2 aromatic carbocycles. The average Bonchev–Trinajstić information content (AvgIpc) is 2.72. The van der Waals surface area contributed by atoms with Crippen molar-refractivity contribution in [1.82, 2.24) is 5.32 Å². The maximum Gasteiger partial charge on any atom is 0.264 e. The summed E-state index contributed by atoms with van der Waals surface area (Å²) in [5.41, 5.74) is 0.295. The van der Waals surface area contributed by atoms with E-state index in [1.54, 1.807) is 36.4 Å². The van der Waals surface area contributed by atoms with Gasteiger partial charge in [0.15, 0.2) is 0 Å². The molecule has 0 aliphatic rings. The Bertz CT molecular complexity index is 913. The summed E-state index contributed by atoms with van der Waals surface area (Å²) in [5.74, 6) is 0.520. The smallest absolute Gasteiger partial charge is 0.264 e. The number of hydrogen-bond acceptors (Lipinski definition) is 5. The molecule has 8 heteroatoms. The molecule has 0 aliphatic carbocycles. The number of nitrogens with one attached hydrogen (secondary N) is 1.